The summed E-state index contributed by atoms with van der Waals surface area (Å²) in [7, 11) is -4.93. The Balaban J connectivity index is 0.000000226. The Kier molecular flexibility index (Phi) is 19.8. The third kappa shape index (κ3) is 17.0. The SMILES string of the molecule is C=Cc1cc(N(COCC[Si](C)(C)C)COCC[Si](C)(C)C)n2ncc(-c3cnc4ccc(F)cc4c3)c2n1.C[Si](C)(C)CCOCN(COCC[Si](C)(C)C)c1cc(C=O)nc2c(-c3cnc4ccc(F)cc4c3)cnn12. The maximum Gasteiger partial charge on any atom is 0.168 e. The van der Waals surface area contributed by atoms with E-state index < -0.39 is 32.3 Å². The van der Waals surface area contributed by atoms with Gasteiger partial charge < -0.3 is 28.7 Å². The number of nitrogens with zero attached hydrogens (tertiary/aromatic N) is 10. The van der Waals surface area contributed by atoms with E-state index in [0.717, 1.165) is 63.9 Å². The summed E-state index contributed by atoms with van der Waals surface area (Å²) in [4.78, 5) is 34.3. The predicted molar refractivity (Wildman–Crippen MR) is 324 cm³/mol. The molecular formula is C57H78F2N10O5Si4. The Morgan fingerprint density at radius 1 is 0.513 bits per heavy atom. The maximum absolute atomic E-state index is 13.9. The van der Waals surface area contributed by atoms with Gasteiger partial charge in [0.25, 0.3) is 0 Å². The molecule has 0 bridgehead atoms. The molecule has 6 aromatic heterocycles. The first-order valence-corrected chi connectivity index (χ1v) is 41.5. The van der Waals surface area contributed by atoms with Gasteiger partial charge in [-0.2, -0.15) is 19.2 Å². The first-order chi connectivity index (χ1) is 36.9. The lowest BCUT2D eigenvalue weighted by atomic mass is 10.1. The molecule has 8 rings (SSSR count). The fourth-order valence-corrected chi connectivity index (χ4v) is 11.0. The van der Waals surface area contributed by atoms with Crippen molar-refractivity contribution in [1.29, 1.82) is 0 Å². The summed E-state index contributed by atoms with van der Waals surface area (Å²) in [5, 5.41) is 10.7. The fourth-order valence-electron chi connectivity index (χ4n) is 8.00. The monoisotopic (exact) mass is 1130 g/mol. The molecule has 0 aliphatic heterocycles. The second-order valence-electron chi connectivity index (χ2n) is 24.6. The Morgan fingerprint density at radius 2 is 0.872 bits per heavy atom. The smallest absolute Gasteiger partial charge is 0.168 e. The number of fused-ring (bicyclic) bond motifs is 4. The van der Waals surface area contributed by atoms with Crippen LogP contribution in [-0.4, -0.2) is 131 Å². The van der Waals surface area contributed by atoms with Crippen molar-refractivity contribution < 1.29 is 32.5 Å². The van der Waals surface area contributed by atoms with Gasteiger partial charge in [0.15, 0.2) is 17.6 Å². The van der Waals surface area contributed by atoms with E-state index in [2.05, 4.69) is 110 Å². The zero-order valence-corrected chi connectivity index (χ0v) is 51.7. The fraction of sp³-hybridized carbons (Fsp3) is 0.421. The van der Waals surface area contributed by atoms with Crippen LogP contribution < -0.4 is 9.80 Å². The topological polar surface area (TPSA) is 147 Å². The number of carbonyl (C=O) groups excluding carboxylic acids is 1. The van der Waals surface area contributed by atoms with Gasteiger partial charge in [-0.1, -0.05) is 85.1 Å². The normalized spacial score (nSPS) is 12.4. The van der Waals surface area contributed by atoms with E-state index in [0.29, 0.717) is 92.6 Å². The Hall–Kier alpha value is -5.92. The van der Waals surface area contributed by atoms with E-state index in [9.17, 15) is 13.6 Å². The molecule has 8 aromatic rings. The summed E-state index contributed by atoms with van der Waals surface area (Å²) >= 11 is 0. The van der Waals surface area contributed by atoms with Crippen molar-refractivity contribution in [3.05, 3.63) is 115 Å². The van der Waals surface area contributed by atoms with Crippen LogP contribution in [0.1, 0.15) is 16.2 Å². The first kappa shape index (κ1) is 59.7. The standard InChI is InChI=1S/C29H40FN5O2Si2.C28H38FN5O3Si2/c1-8-25-17-28(34(20-36-11-13-38(2,3)4)21-37-12-14-39(5,6)7)35-29(33-25)26(19-32-35)23-15-22-16-24(30)9-10-27(22)31-18-23;1-38(2,3)11-9-36-19-33(20-37-10-12-39(4,5)6)27-15-24(18-35)32-28-25(17-31-34(27)28)22-13-21-14-23(29)7-8-26(21)30-16-22/h8-10,15-19H,1,11-14,20-21H2,2-7H3;7-8,13-18H,9-12,19-20H2,1-6H3. The zero-order valence-electron chi connectivity index (χ0n) is 47.7. The van der Waals surface area contributed by atoms with Crippen LogP contribution in [0.15, 0.2) is 92.0 Å². The lowest BCUT2D eigenvalue weighted by Gasteiger charge is -2.26. The van der Waals surface area contributed by atoms with Gasteiger partial charge in [0.2, 0.25) is 0 Å². The van der Waals surface area contributed by atoms with Crippen molar-refractivity contribution in [2.75, 3.05) is 63.2 Å². The number of hydrogen-bond donors (Lipinski definition) is 0. The minimum Gasteiger partial charge on any atom is -0.361 e. The van der Waals surface area contributed by atoms with Crippen molar-refractivity contribution in [1.82, 2.24) is 39.2 Å². The molecule has 6 heterocycles. The summed E-state index contributed by atoms with van der Waals surface area (Å²) in [5.74, 6) is 0.828. The van der Waals surface area contributed by atoms with Gasteiger partial charge in [-0.05, 0) is 78.8 Å². The molecule has 416 valence electrons. The highest BCUT2D eigenvalue weighted by molar-refractivity contribution is 6.77. The number of hydrogen-bond acceptors (Lipinski definition) is 13. The molecule has 0 aliphatic rings. The van der Waals surface area contributed by atoms with E-state index in [1.807, 2.05) is 27.6 Å². The number of ether oxygens (including phenoxy) is 4. The van der Waals surface area contributed by atoms with Crippen LogP contribution in [-0.2, 0) is 18.9 Å². The van der Waals surface area contributed by atoms with E-state index in [4.69, 9.17) is 29.0 Å². The molecule has 78 heavy (non-hydrogen) atoms. The van der Waals surface area contributed by atoms with Gasteiger partial charge in [-0.25, -0.2) is 18.7 Å². The van der Waals surface area contributed by atoms with Crippen LogP contribution in [0.25, 0.3) is 61.4 Å². The van der Waals surface area contributed by atoms with E-state index >= 15 is 0 Å². The van der Waals surface area contributed by atoms with Crippen LogP contribution in [0.4, 0.5) is 20.4 Å². The second-order valence-corrected chi connectivity index (χ2v) is 47.1. The average molecular weight is 1130 g/mol. The molecule has 21 heteroatoms. The van der Waals surface area contributed by atoms with Crippen molar-refractivity contribution in [2.24, 2.45) is 0 Å². The molecule has 0 radical (unpaired) electrons. The van der Waals surface area contributed by atoms with Gasteiger partial charge in [-0.3, -0.25) is 14.8 Å². The number of anilines is 2. The van der Waals surface area contributed by atoms with Crippen molar-refractivity contribution in [3.63, 3.8) is 0 Å². The molecule has 0 fully saturated rings. The Bertz CT molecular complexity index is 3070. The number of pyridine rings is 2. The van der Waals surface area contributed by atoms with E-state index in [-0.39, 0.29) is 17.3 Å². The van der Waals surface area contributed by atoms with E-state index in [1.54, 1.807) is 53.6 Å². The summed E-state index contributed by atoms with van der Waals surface area (Å²) in [6.45, 7) is 36.0. The summed E-state index contributed by atoms with van der Waals surface area (Å²) in [5.41, 5.74) is 6.61. The number of halogens is 2. The third-order valence-corrected chi connectivity index (χ3v) is 19.6. The Morgan fingerprint density at radius 3 is 1.22 bits per heavy atom. The molecule has 0 saturated heterocycles. The highest BCUT2D eigenvalue weighted by Crippen LogP contribution is 2.32. The van der Waals surface area contributed by atoms with Gasteiger partial charge in [0.1, 0.15) is 55.9 Å². The van der Waals surface area contributed by atoms with Crippen molar-refractivity contribution in [2.45, 2.75) is 103 Å². The summed E-state index contributed by atoms with van der Waals surface area (Å²) < 4.78 is 55.8. The van der Waals surface area contributed by atoms with Crippen LogP contribution in [0.2, 0.25) is 103 Å². The second kappa shape index (κ2) is 25.9. The molecule has 0 amide bonds. The molecule has 0 spiro atoms. The minimum absolute atomic E-state index is 0.272. The zero-order chi connectivity index (χ0) is 56.4. The lowest BCUT2D eigenvalue weighted by Crippen LogP contribution is -2.33. The number of rotatable bonds is 26. The lowest BCUT2D eigenvalue weighted by molar-refractivity contribution is 0.0940. The van der Waals surface area contributed by atoms with Crippen molar-refractivity contribution in [3.8, 4) is 22.3 Å². The molecular weight excluding hydrogens is 1060 g/mol. The Labute approximate surface area is 462 Å². The number of benzene rings is 2. The summed E-state index contributed by atoms with van der Waals surface area (Å²) in [6, 6.07) is 20.8. The molecule has 15 nitrogen and oxygen atoms in total. The van der Waals surface area contributed by atoms with E-state index in [1.165, 1.54) is 24.3 Å². The number of aldehydes is 1. The van der Waals surface area contributed by atoms with Gasteiger partial charge in [0.05, 0.1) is 29.1 Å². The highest BCUT2D eigenvalue weighted by Gasteiger charge is 2.23. The van der Waals surface area contributed by atoms with Gasteiger partial charge in [0, 0.05) is 116 Å². The molecule has 0 aliphatic carbocycles. The van der Waals surface area contributed by atoms with Gasteiger partial charge >= 0.3 is 0 Å². The molecule has 2 aromatic carbocycles. The number of carbonyl (C=O) groups is 1. The van der Waals surface area contributed by atoms with Crippen LogP contribution in [0.3, 0.4) is 0 Å². The highest BCUT2D eigenvalue weighted by atomic mass is 28.3. The average Bonchev–Trinajstić information content (AvgIpc) is 4.09. The molecule has 0 atom stereocenters. The first-order valence-electron chi connectivity index (χ1n) is 26.6. The van der Waals surface area contributed by atoms with Crippen LogP contribution >= 0.6 is 0 Å². The molecule has 0 N–H and O–H groups in total. The third-order valence-electron chi connectivity index (χ3n) is 12.8. The molecule has 0 unspecified atom stereocenters. The number of aromatic nitrogens is 8. The minimum atomic E-state index is -1.25. The van der Waals surface area contributed by atoms with Crippen LogP contribution in [0, 0.1) is 11.6 Å². The van der Waals surface area contributed by atoms with Gasteiger partial charge in [-0.15, -0.1) is 0 Å². The van der Waals surface area contributed by atoms with Crippen LogP contribution in [0.5, 0.6) is 0 Å². The largest absolute Gasteiger partial charge is 0.361 e. The van der Waals surface area contributed by atoms with Crippen molar-refractivity contribution >= 4 is 89.4 Å². The summed E-state index contributed by atoms with van der Waals surface area (Å²) in [6.07, 6.45) is 9.41. The maximum atomic E-state index is 13.9. The quantitative estimate of drug-likeness (QED) is 0.0219. The molecule has 0 saturated carbocycles. The predicted octanol–water partition coefficient (Wildman–Crippen LogP) is 13.5.